The Labute approximate surface area is 122 Å². The number of hydrogen-bond donors (Lipinski definition) is 4. The fourth-order valence-corrected chi connectivity index (χ4v) is 2.84. The first-order valence-electron chi connectivity index (χ1n) is 7.43. The number of aromatic nitrogens is 2. The van der Waals surface area contributed by atoms with Crippen LogP contribution in [0, 0.1) is 5.92 Å². The fraction of sp³-hybridized carbons (Fsp3) is 0.467. The molecule has 1 unspecified atom stereocenters. The zero-order valence-corrected chi connectivity index (χ0v) is 11.9. The SMILES string of the molecule is O=C(CCC1CCCNC1)Nc1ccc2[nH]c(=O)[nH]c2c1. The van der Waals surface area contributed by atoms with Crippen LogP contribution >= 0.6 is 0 Å². The fourth-order valence-electron chi connectivity index (χ4n) is 2.84. The second-order valence-corrected chi connectivity index (χ2v) is 5.64. The predicted octanol–water partition coefficient (Wildman–Crippen LogP) is 1.57. The van der Waals surface area contributed by atoms with Crippen molar-refractivity contribution in [3.63, 3.8) is 0 Å². The molecule has 4 N–H and O–H groups in total. The Morgan fingerprint density at radius 2 is 2.14 bits per heavy atom. The van der Waals surface area contributed by atoms with Crippen LogP contribution in [-0.2, 0) is 4.79 Å². The number of amides is 1. The van der Waals surface area contributed by atoms with Crippen LogP contribution in [0.2, 0.25) is 0 Å². The van der Waals surface area contributed by atoms with E-state index < -0.39 is 0 Å². The van der Waals surface area contributed by atoms with Gasteiger partial charge < -0.3 is 20.6 Å². The Balaban J connectivity index is 1.56. The molecular weight excluding hydrogens is 268 g/mol. The summed E-state index contributed by atoms with van der Waals surface area (Å²) < 4.78 is 0. The topological polar surface area (TPSA) is 89.8 Å². The van der Waals surface area contributed by atoms with Crippen molar-refractivity contribution in [1.82, 2.24) is 15.3 Å². The molecule has 3 rings (SSSR count). The number of nitrogens with one attached hydrogen (secondary N) is 4. The van der Waals surface area contributed by atoms with E-state index in [0.717, 1.165) is 25.0 Å². The van der Waals surface area contributed by atoms with Gasteiger partial charge in [-0.25, -0.2) is 4.79 Å². The van der Waals surface area contributed by atoms with Gasteiger partial charge in [0, 0.05) is 12.1 Å². The lowest BCUT2D eigenvalue weighted by atomic mass is 9.94. The minimum absolute atomic E-state index is 0.0257. The number of anilines is 1. The number of hydrogen-bond acceptors (Lipinski definition) is 3. The highest BCUT2D eigenvalue weighted by molar-refractivity contribution is 5.92. The molecule has 1 fully saturated rings. The van der Waals surface area contributed by atoms with E-state index in [1.165, 1.54) is 12.8 Å². The summed E-state index contributed by atoms with van der Waals surface area (Å²) in [5, 5.41) is 6.25. The molecule has 1 amide bonds. The van der Waals surface area contributed by atoms with Gasteiger partial charge in [0.25, 0.3) is 0 Å². The Hall–Kier alpha value is -2.08. The van der Waals surface area contributed by atoms with Gasteiger partial charge >= 0.3 is 5.69 Å². The molecule has 112 valence electrons. The molecule has 0 spiro atoms. The van der Waals surface area contributed by atoms with E-state index in [1.807, 2.05) is 0 Å². The third kappa shape index (κ3) is 3.52. The lowest BCUT2D eigenvalue weighted by molar-refractivity contribution is -0.116. The summed E-state index contributed by atoms with van der Waals surface area (Å²) in [7, 11) is 0. The molecular formula is C15H20N4O2. The first-order valence-corrected chi connectivity index (χ1v) is 7.43. The molecule has 2 heterocycles. The standard InChI is InChI=1S/C15H20N4O2/c20-14(6-3-10-2-1-7-16-9-10)17-11-4-5-12-13(8-11)19-15(21)18-12/h4-5,8,10,16H,1-3,6-7,9H2,(H,17,20)(H2,18,19,21). The summed E-state index contributed by atoms with van der Waals surface area (Å²) in [5.41, 5.74) is 1.92. The number of aromatic amines is 2. The maximum absolute atomic E-state index is 12.0. The highest BCUT2D eigenvalue weighted by Gasteiger charge is 2.14. The molecule has 1 aromatic heterocycles. The number of carbonyl (C=O) groups is 1. The largest absolute Gasteiger partial charge is 0.326 e. The van der Waals surface area contributed by atoms with E-state index in [2.05, 4.69) is 20.6 Å². The van der Waals surface area contributed by atoms with Gasteiger partial charge in [-0.1, -0.05) is 0 Å². The predicted molar refractivity (Wildman–Crippen MR) is 82.4 cm³/mol. The molecule has 0 saturated carbocycles. The van der Waals surface area contributed by atoms with Crippen molar-refractivity contribution in [2.24, 2.45) is 5.92 Å². The van der Waals surface area contributed by atoms with Gasteiger partial charge in [0.15, 0.2) is 0 Å². The monoisotopic (exact) mass is 288 g/mol. The van der Waals surface area contributed by atoms with Crippen molar-refractivity contribution in [2.75, 3.05) is 18.4 Å². The normalized spacial score (nSPS) is 18.8. The van der Waals surface area contributed by atoms with E-state index >= 15 is 0 Å². The van der Waals surface area contributed by atoms with E-state index in [4.69, 9.17) is 0 Å². The number of benzene rings is 1. The maximum atomic E-state index is 12.0. The Morgan fingerprint density at radius 1 is 1.29 bits per heavy atom. The van der Waals surface area contributed by atoms with Gasteiger partial charge in [-0.15, -0.1) is 0 Å². The van der Waals surface area contributed by atoms with E-state index in [0.29, 0.717) is 23.5 Å². The summed E-state index contributed by atoms with van der Waals surface area (Å²) in [5.74, 6) is 0.630. The maximum Gasteiger partial charge on any atom is 0.323 e. The minimum atomic E-state index is -0.238. The highest BCUT2D eigenvalue weighted by Crippen LogP contribution is 2.18. The smallest absolute Gasteiger partial charge is 0.323 e. The third-order valence-electron chi connectivity index (χ3n) is 3.98. The first-order chi connectivity index (χ1) is 10.2. The molecule has 0 bridgehead atoms. The van der Waals surface area contributed by atoms with Gasteiger partial charge in [0.1, 0.15) is 0 Å². The van der Waals surface area contributed by atoms with Crippen molar-refractivity contribution >= 4 is 22.6 Å². The Bertz CT molecular complexity index is 682. The van der Waals surface area contributed by atoms with Crippen LogP contribution in [0.4, 0.5) is 5.69 Å². The van der Waals surface area contributed by atoms with Gasteiger partial charge in [0.05, 0.1) is 11.0 Å². The zero-order valence-electron chi connectivity index (χ0n) is 11.9. The number of carbonyl (C=O) groups excluding carboxylic acids is 1. The summed E-state index contributed by atoms with van der Waals surface area (Å²) in [6.45, 7) is 2.11. The van der Waals surface area contributed by atoms with Crippen molar-refractivity contribution < 1.29 is 4.79 Å². The molecule has 1 aromatic carbocycles. The highest BCUT2D eigenvalue weighted by atomic mass is 16.1. The van der Waals surface area contributed by atoms with Crippen molar-refractivity contribution in [3.8, 4) is 0 Å². The van der Waals surface area contributed by atoms with Crippen LogP contribution in [0.25, 0.3) is 11.0 Å². The summed E-state index contributed by atoms with van der Waals surface area (Å²) >= 11 is 0. The summed E-state index contributed by atoms with van der Waals surface area (Å²) in [6.07, 6.45) is 3.86. The van der Waals surface area contributed by atoms with Gasteiger partial charge in [0.2, 0.25) is 5.91 Å². The number of fused-ring (bicyclic) bond motifs is 1. The van der Waals surface area contributed by atoms with Crippen molar-refractivity contribution in [2.45, 2.75) is 25.7 Å². The van der Waals surface area contributed by atoms with Crippen LogP contribution in [0.15, 0.2) is 23.0 Å². The van der Waals surface area contributed by atoms with Gasteiger partial charge in [-0.05, 0) is 56.5 Å². The zero-order chi connectivity index (χ0) is 14.7. The summed E-state index contributed by atoms with van der Waals surface area (Å²) in [6, 6.07) is 5.35. The van der Waals surface area contributed by atoms with E-state index in [-0.39, 0.29) is 11.6 Å². The Morgan fingerprint density at radius 3 is 2.95 bits per heavy atom. The molecule has 0 aliphatic carbocycles. The first kappa shape index (κ1) is 13.9. The molecule has 6 heteroatoms. The van der Waals surface area contributed by atoms with E-state index in [1.54, 1.807) is 18.2 Å². The third-order valence-corrected chi connectivity index (χ3v) is 3.98. The minimum Gasteiger partial charge on any atom is -0.326 e. The molecule has 1 aliphatic heterocycles. The Kier molecular flexibility index (Phi) is 4.06. The van der Waals surface area contributed by atoms with Gasteiger partial charge in [-0.2, -0.15) is 0 Å². The lowest BCUT2D eigenvalue weighted by Gasteiger charge is -2.22. The molecule has 1 atom stereocenters. The number of piperidine rings is 1. The van der Waals surface area contributed by atoms with Crippen molar-refractivity contribution in [3.05, 3.63) is 28.7 Å². The molecule has 1 saturated heterocycles. The van der Waals surface area contributed by atoms with Crippen LogP contribution in [0.5, 0.6) is 0 Å². The average Bonchev–Trinajstić information content (AvgIpc) is 2.85. The molecule has 6 nitrogen and oxygen atoms in total. The number of rotatable bonds is 4. The average molecular weight is 288 g/mol. The van der Waals surface area contributed by atoms with Crippen LogP contribution < -0.4 is 16.3 Å². The molecule has 0 radical (unpaired) electrons. The molecule has 1 aliphatic rings. The second-order valence-electron chi connectivity index (χ2n) is 5.64. The van der Waals surface area contributed by atoms with E-state index in [9.17, 15) is 9.59 Å². The van der Waals surface area contributed by atoms with Crippen LogP contribution in [0.1, 0.15) is 25.7 Å². The lowest BCUT2D eigenvalue weighted by Crippen LogP contribution is -2.30. The second kappa shape index (κ2) is 6.13. The van der Waals surface area contributed by atoms with Crippen LogP contribution in [-0.4, -0.2) is 29.0 Å². The van der Waals surface area contributed by atoms with Gasteiger partial charge in [-0.3, -0.25) is 4.79 Å². The molecule has 21 heavy (non-hydrogen) atoms. The van der Waals surface area contributed by atoms with Crippen LogP contribution in [0.3, 0.4) is 0 Å². The number of H-pyrrole nitrogens is 2. The number of imidazole rings is 1. The molecule has 2 aromatic rings. The van der Waals surface area contributed by atoms with Crippen molar-refractivity contribution in [1.29, 1.82) is 0 Å². The summed E-state index contributed by atoms with van der Waals surface area (Å²) in [4.78, 5) is 28.5. The quantitative estimate of drug-likeness (QED) is 0.688.